The molecule has 2 N–H and O–H groups in total. The lowest BCUT2D eigenvalue weighted by Crippen LogP contribution is -2.49. The van der Waals surface area contributed by atoms with Crippen LogP contribution >= 0.6 is 17.0 Å². The minimum atomic E-state index is -0.0125. The van der Waals surface area contributed by atoms with Crippen LogP contribution in [0, 0.1) is 5.92 Å². The normalized spacial score (nSPS) is 41.2. The molecule has 3 atom stereocenters. The van der Waals surface area contributed by atoms with Crippen molar-refractivity contribution in [2.75, 3.05) is 6.54 Å². The lowest BCUT2D eigenvalue weighted by atomic mass is 9.78. The molecule has 0 amide bonds. The van der Waals surface area contributed by atoms with Crippen LogP contribution < -0.4 is 5.32 Å². The van der Waals surface area contributed by atoms with Crippen molar-refractivity contribution in [1.82, 2.24) is 5.32 Å². The minimum absolute atomic E-state index is 0. The molecule has 0 aromatic rings. The van der Waals surface area contributed by atoms with E-state index in [0.29, 0.717) is 12.0 Å². The average molecular weight is 236 g/mol. The molecule has 0 aromatic heterocycles. The Labute approximate surface area is 84.5 Å². The Morgan fingerprint density at radius 1 is 1.08 bits per heavy atom. The molecule has 2 rings (SSSR count). The first kappa shape index (κ1) is 10.5. The Bertz CT molecular complexity index is 140. The van der Waals surface area contributed by atoms with Crippen LogP contribution in [0.1, 0.15) is 32.1 Å². The Morgan fingerprint density at radius 3 is 2.58 bits per heavy atom. The van der Waals surface area contributed by atoms with Crippen molar-refractivity contribution in [2.45, 2.75) is 44.2 Å². The topological polar surface area (TPSA) is 32.3 Å². The molecule has 1 aliphatic heterocycles. The van der Waals surface area contributed by atoms with E-state index in [4.69, 9.17) is 0 Å². The van der Waals surface area contributed by atoms with Crippen LogP contribution in [0.2, 0.25) is 0 Å². The maximum Gasteiger partial charge on any atom is 0.0595 e. The molecular formula is C9H18BrNO. The fourth-order valence-electron chi connectivity index (χ4n) is 2.50. The zero-order chi connectivity index (χ0) is 7.68. The number of halogens is 1. The van der Waals surface area contributed by atoms with Crippen LogP contribution in [0.25, 0.3) is 0 Å². The average Bonchev–Trinajstić information content (AvgIpc) is 2.06. The molecule has 3 unspecified atom stereocenters. The van der Waals surface area contributed by atoms with Gasteiger partial charge in [-0.25, -0.2) is 0 Å². The van der Waals surface area contributed by atoms with Crippen LogP contribution in [-0.2, 0) is 0 Å². The molecule has 1 saturated heterocycles. The number of aliphatic hydroxyl groups is 1. The van der Waals surface area contributed by atoms with Crippen molar-refractivity contribution in [3.8, 4) is 0 Å². The summed E-state index contributed by atoms with van der Waals surface area (Å²) in [7, 11) is 0. The molecule has 3 heteroatoms. The van der Waals surface area contributed by atoms with Gasteiger partial charge >= 0.3 is 0 Å². The van der Waals surface area contributed by atoms with Gasteiger partial charge in [-0.15, -0.1) is 17.0 Å². The van der Waals surface area contributed by atoms with E-state index in [-0.39, 0.29) is 23.1 Å². The van der Waals surface area contributed by atoms with Crippen molar-refractivity contribution >= 4 is 17.0 Å². The van der Waals surface area contributed by atoms with E-state index < -0.39 is 0 Å². The summed E-state index contributed by atoms with van der Waals surface area (Å²) >= 11 is 0. The highest BCUT2D eigenvalue weighted by molar-refractivity contribution is 8.93. The van der Waals surface area contributed by atoms with Gasteiger partial charge in [-0.05, 0) is 25.8 Å². The van der Waals surface area contributed by atoms with E-state index in [9.17, 15) is 5.11 Å². The fraction of sp³-hybridized carbons (Fsp3) is 1.00. The predicted molar refractivity (Wildman–Crippen MR) is 54.7 cm³/mol. The maximum absolute atomic E-state index is 9.66. The Balaban J connectivity index is 0.000000720. The zero-order valence-corrected chi connectivity index (χ0v) is 9.04. The molecule has 0 spiro atoms. The first-order chi connectivity index (χ1) is 5.38. The highest BCUT2D eigenvalue weighted by atomic mass is 79.9. The highest BCUT2D eigenvalue weighted by Gasteiger charge is 2.33. The lowest BCUT2D eigenvalue weighted by molar-refractivity contribution is 0.0317. The summed E-state index contributed by atoms with van der Waals surface area (Å²) in [6.45, 7) is 1.02. The Kier molecular flexibility index (Phi) is 4.00. The highest BCUT2D eigenvalue weighted by Crippen LogP contribution is 2.30. The summed E-state index contributed by atoms with van der Waals surface area (Å²) in [4.78, 5) is 0. The van der Waals surface area contributed by atoms with Gasteiger partial charge in [0.05, 0.1) is 6.10 Å². The summed E-state index contributed by atoms with van der Waals surface area (Å²) in [5, 5.41) is 13.2. The van der Waals surface area contributed by atoms with Crippen LogP contribution in [-0.4, -0.2) is 23.8 Å². The first-order valence-electron chi connectivity index (χ1n) is 4.79. The van der Waals surface area contributed by atoms with Gasteiger partial charge in [-0.2, -0.15) is 0 Å². The second kappa shape index (κ2) is 4.58. The Morgan fingerprint density at radius 2 is 1.83 bits per heavy atom. The van der Waals surface area contributed by atoms with Gasteiger partial charge in [0, 0.05) is 12.0 Å². The fourth-order valence-corrected chi connectivity index (χ4v) is 2.50. The van der Waals surface area contributed by atoms with E-state index in [2.05, 4.69) is 5.32 Å². The van der Waals surface area contributed by atoms with Gasteiger partial charge in [0.25, 0.3) is 0 Å². The molecule has 0 aromatic carbocycles. The summed E-state index contributed by atoms with van der Waals surface area (Å²) in [5.41, 5.74) is 0. The first-order valence-corrected chi connectivity index (χ1v) is 4.79. The summed E-state index contributed by atoms with van der Waals surface area (Å²) in [6.07, 6.45) is 6.13. The molecule has 1 aliphatic carbocycles. The molecule has 12 heavy (non-hydrogen) atoms. The van der Waals surface area contributed by atoms with Gasteiger partial charge in [0.1, 0.15) is 0 Å². The lowest BCUT2D eigenvalue weighted by Gasteiger charge is -2.39. The van der Waals surface area contributed by atoms with Crippen LogP contribution in [0.5, 0.6) is 0 Å². The van der Waals surface area contributed by atoms with Crippen molar-refractivity contribution in [3.05, 3.63) is 0 Å². The molecule has 72 valence electrons. The van der Waals surface area contributed by atoms with Crippen molar-refractivity contribution in [2.24, 2.45) is 5.92 Å². The summed E-state index contributed by atoms with van der Waals surface area (Å²) in [6, 6.07) is 0.632. The molecule has 1 heterocycles. The minimum Gasteiger partial charge on any atom is -0.393 e. The number of piperidine rings is 1. The second-order valence-corrected chi connectivity index (χ2v) is 3.86. The zero-order valence-electron chi connectivity index (χ0n) is 7.33. The van der Waals surface area contributed by atoms with E-state index in [1.54, 1.807) is 0 Å². The molecule has 2 aliphatic rings. The van der Waals surface area contributed by atoms with Gasteiger partial charge in [0.2, 0.25) is 0 Å². The second-order valence-electron chi connectivity index (χ2n) is 3.86. The smallest absolute Gasteiger partial charge is 0.0595 e. The summed E-state index contributed by atoms with van der Waals surface area (Å²) < 4.78 is 0. The summed E-state index contributed by atoms with van der Waals surface area (Å²) in [5.74, 6) is 0.567. The Hall–Kier alpha value is 0.400. The number of hydrogen-bond acceptors (Lipinski definition) is 2. The van der Waals surface area contributed by atoms with Gasteiger partial charge in [-0.1, -0.05) is 12.8 Å². The van der Waals surface area contributed by atoms with E-state index in [1.165, 1.54) is 25.7 Å². The largest absolute Gasteiger partial charge is 0.393 e. The third kappa shape index (κ3) is 2.01. The van der Waals surface area contributed by atoms with E-state index in [0.717, 1.165) is 13.0 Å². The number of aliphatic hydroxyl groups excluding tert-OH is 1. The van der Waals surface area contributed by atoms with Gasteiger partial charge < -0.3 is 10.4 Å². The van der Waals surface area contributed by atoms with Crippen molar-refractivity contribution in [1.29, 1.82) is 0 Å². The van der Waals surface area contributed by atoms with Crippen LogP contribution in [0.4, 0.5) is 0 Å². The molecule has 1 saturated carbocycles. The maximum atomic E-state index is 9.66. The third-order valence-corrected chi connectivity index (χ3v) is 3.16. The van der Waals surface area contributed by atoms with Gasteiger partial charge in [-0.3, -0.25) is 0 Å². The predicted octanol–water partition coefficient (Wildman–Crippen LogP) is 1.48. The van der Waals surface area contributed by atoms with E-state index >= 15 is 0 Å². The molecule has 0 bridgehead atoms. The van der Waals surface area contributed by atoms with Crippen LogP contribution in [0.3, 0.4) is 0 Å². The third-order valence-electron chi connectivity index (χ3n) is 3.16. The number of nitrogens with one attached hydrogen (secondary N) is 1. The van der Waals surface area contributed by atoms with Crippen molar-refractivity contribution < 1.29 is 5.11 Å². The molecule has 0 radical (unpaired) electrons. The number of rotatable bonds is 0. The van der Waals surface area contributed by atoms with Crippen LogP contribution in [0.15, 0.2) is 0 Å². The SMILES string of the molecule is Br.OC1CCNC2CCCCC12. The molecular weight excluding hydrogens is 218 g/mol. The standard InChI is InChI=1S/C9H17NO.BrH/c11-9-5-6-10-8-4-2-1-3-7(8)9;/h7-11H,1-6H2;1H. The quantitative estimate of drug-likeness (QED) is 0.667. The van der Waals surface area contributed by atoms with E-state index in [1.807, 2.05) is 0 Å². The monoisotopic (exact) mass is 235 g/mol. The number of fused-ring (bicyclic) bond motifs is 1. The number of hydrogen-bond donors (Lipinski definition) is 2. The molecule has 2 nitrogen and oxygen atoms in total. The molecule has 2 fully saturated rings. The van der Waals surface area contributed by atoms with Crippen molar-refractivity contribution in [3.63, 3.8) is 0 Å². The van der Waals surface area contributed by atoms with Gasteiger partial charge in [0.15, 0.2) is 0 Å².